The van der Waals surface area contributed by atoms with E-state index in [1.165, 1.54) is 6.33 Å². The third-order valence-corrected chi connectivity index (χ3v) is 2.18. The van der Waals surface area contributed by atoms with Crippen LogP contribution in [0.25, 0.3) is 0 Å². The van der Waals surface area contributed by atoms with Gasteiger partial charge in [0.2, 0.25) is 5.88 Å². The largest absolute Gasteiger partial charge is 0.476 e. The van der Waals surface area contributed by atoms with Gasteiger partial charge in [-0.3, -0.25) is 4.84 Å². The molecule has 0 bridgehead atoms. The molecule has 0 saturated carbocycles. The number of anilines is 2. The van der Waals surface area contributed by atoms with Crippen LogP contribution in [-0.4, -0.2) is 30.2 Å². The Morgan fingerprint density at radius 1 is 1.33 bits per heavy atom. The molecule has 0 atom stereocenters. The Morgan fingerprint density at radius 3 is 2.50 bits per heavy atom. The van der Waals surface area contributed by atoms with Crippen molar-refractivity contribution in [2.75, 3.05) is 31.1 Å². The lowest BCUT2D eigenvalue weighted by Crippen LogP contribution is -2.33. The Hall–Kier alpha value is -1.56. The van der Waals surface area contributed by atoms with Crippen molar-refractivity contribution < 1.29 is 9.57 Å². The van der Waals surface area contributed by atoms with E-state index in [9.17, 15) is 0 Å². The van der Waals surface area contributed by atoms with Crippen LogP contribution in [0.5, 0.6) is 5.88 Å². The Kier molecular flexibility index (Phi) is 4.72. The standard InChI is InChI=1S/C12H22N4O2/c1-6-18-11-9(13)10(14-8-15-11)16(17-5)7-12(2,3)4/h8H,6-7,13H2,1-5H3. The lowest BCUT2D eigenvalue weighted by atomic mass is 9.97. The zero-order valence-electron chi connectivity index (χ0n) is 11.7. The Balaban J connectivity index is 3.02. The van der Waals surface area contributed by atoms with Crippen LogP contribution >= 0.6 is 0 Å². The summed E-state index contributed by atoms with van der Waals surface area (Å²) in [5.41, 5.74) is 6.44. The minimum absolute atomic E-state index is 0.0547. The average Bonchev–Trinajstić information content (AvgIpc) is 2.28. The van der Waals surface area contributed by atoms with Gasteiger partial charge in [-0.15, -0.1) is 0 Å². The van der Waals surface area contributed by atoms with Crippen LogP contribution < -0.4 is 15.5 Å². The molecule has 0 fully saturated rings. The Labute approximate surface area is 108 Å². The first-order valence-corrected chi connectivity index (χ1v) is 5.94. The molecule has 0 saturated heterocycles. The van der Waals surface area contributed by atoms with E-state index < -0.39 is 0 Å². The molecule has 0 aliphatic heterocycles. The van der Waals surface area contributed by atoms with Crippen molar-refractivity contribution >= 4 is 11.5 Å². The second-order valence-corrected chi connectivity index (χ2v) is 5.13. The summed E-state index contributed by atoms with van der Waals surface area (Å²) in [6.45, 7) is 9.38. The summed E-state index contributed by atoms with van der Waals surface area (Å²) in [6, 6.07) is 0. The first-order chi connectivity index (χ1) is 8.39. The van der Waals surface area contributed by atoms with Gasteiger partial charge in [-0.2, -0.15) is 4.98 Å². The van der Waals surface area contributed by atoms with Gasteiger partial charge in [0.15, 0.2) is 5.82 Å². The monoisotopic (exact) mass is 254 g/mol. The summed E-state index contributed by atoms with van der Waals surface area (Å²) in [7, 11) is 1.59. The van der Waals surface area contributed by atoms with E-state index in [1.54, 1.807) is 12.2 Å². The normalized spacial score (nSPS) is 11.4. The molecule has 1 aromatic rings. The fourth-order valence-electron chi connectivity index (χ4n) is 1.48. The molecule has 18 heavy (non-hydrogen) atoms. The van der Waals surface area contributed by atoms with E-state index in [0.29, 0.717) is 30.5 Å². The fraction of sp³-hybridized carbons (Fsp3) is 0.667. The van der Waals surface area contributed by atoms with Gasteiger partial charge in [-0.1, -0.05) is 20.8 Å². The van der Waals surface area contributed by atoms with Crippen molar-refractivity contribution in [2.24, 2.45) is 5.41 Å². The van der Waals surface area contributed by atoms with Gasteiger partial charge in [0.1, 0.15) is 12.0 Å². The van der Waals surface area contributed by atoms with Crippen molar-refractivity contribution in [1.82, 2.24) is 9.97 Å². The summed E-state index contributed by atoms with van der Waals surface area (Å²) in [5.74, 6) is 0.921. The van der Waals surface area contributed by atoms with Gasteiger partial charge in [0.05, 0.1) is 20.3 Å². The number of hydroxylamine groups is 1. The van der Waals surface area contributed by atoms with Crippen LogP contribution in [0.4, 0.5) is 11.5 Å². The third-order valence-electron chi connectivity index (χ3n) is 2.18. The smallest absolute Gasteiger partial charge is 0.242 e. The molecule has 2 N–H and O–H groups in total. The summed E-state index contributed by atoms with van der Waals surface area (Å²) in [4.78, 5) is 13.5. The molecule has 0 radical (unpaired) electrons. The van der Waals surface area contributed by atoms with Crippen molar-refractivity contribution in [3.63, 3.8) is 0 Å². The summed E-state index contributed by atoms with van der Waals surface area (Å²) in [6.07, 6.45) is 1.42. The molecule has 1 rings (SSSR count). The maximum absolute atomic E-state index is 5.99. The minimum atomic E-state index is 0.0547. The van der Waals surface area contributed by atoms with Gasteiger partial charge in [0.25, 0.3) is 0 Å². The second-order valence-electron chi connectivity index (χ2n) is 5.13. The second kappa shape index (κ2) is 5.86. The van der Waals surface area contributed by atoms with Crippen LogP contribution in [0.3, 0.4) is 0 Å². The zero-order valence-corrected chi connectivity index (χ0v) is 11.7. The molecule has 1 aromatic heterocycles. The molecule has 102 valence electrons. The Bertz CT molecular complexity index is 390. The topological polar surface area (TPSA) is 73.5 Å². The maximum Gasteiger partial charge on any atom is 0.242 e. The lowest BCUT2D eigenvalue weighted by molar-refractivity contribution is 0.139. The van der Waals surface area contributed by atoms with E-state index in [1.807, 2.05) is 6.92 Å². The van der Waals surface area contributed by atoms with Crippen molar-refractivity contribution in [3.8, 4) is 5.88 Å². The highest BCUT2D eigenvalue weighted by Gasteiger charge is 2.21. The highest BCUT2D eigenvalue weighted by molar-refractivity contribution is 5.66. The van der Waals surface area contributed by atoms with Crippen LogP contribution in [0.2, 0.25) is 0 Å². The van der Waals surface area contributed by atoms with Crippen LogP contribution in [0, 0.1) is 5.41 Å². The fourth-order valence-corrected chi connectivity index (χ4v) is 1.48. The first-order valence-electron chi connectivity index (χ1n) is 5.94. The number of aromatic nitrogens is 2. The van der Waals surface area contributed by atoms with E-state index in [0.717, 1.165) is 0 Å². The van der Waals surface area contributed by atoms with Gasteiger partial charge in [-0.25, -0.2) is 10.0 Å². The molecule has 0 spiro atoms. The number of hydrogen-bond donors (Lipinski definition) is 1. The SMILES string of the molecule is CCOc1ncnc(N(CC(C)(C)C)OC)c1N. The van der Waals surface area contributed by atoms with Gasteiger partial charge >= 0.3 is 0 Å². The van der Waals surface area contributed by atoms with E-state index in [2.05, 4.69) is 30.7 Å². The predicted octanol–water partition coefficient (Wildman–Crippen LogP) is 1.87. The number of ether oxygens (including phenoxy) is 1. The summed E-state index contributed by atoms with van der Waals surface area (Å²) < 4.78 is 5.34. The minimum Gasteiger partial charge on any atom is -0.476 e. The van der Waals surface area contributed by atoms with Gasteiger partial charge < -0.3 is 10.5 Å². The van der Waals surface area contributed by atoms with Crippen molar-refractivity contribution in [2.45, 2.75) is 27.7 Å². The van der Waals surface area contributed by atoms with E-state index in [4.69, 9.17) is 15.3 Å². The number of nitrogen functional groups attached to an aromatic ring is 1. The molecule has 0 aliphatic carbocycles. The molecule has 1 heterocycles. The van der Waals surface area contributed by atoms with Gasteiger partial charge in [0, 0.05) is 0 Å². The Morgan fingerprint density at radius 2 is 2.00 bits per heavy atom. The van der Waals surface area contributed by atoms with Crippen molar-refractivity contribution in [1.29, 1.82) is 0 Å². The first kappa shape index (κ1) is 14.5. The highest BCUT2D eigenvalue weighted by Crippen LogP contribution is 2.29. The third kappa shape index (κ3) is 3.73. The van der Waals surface area contributed by atoms with Crippen LogP contribution in [0.1, 0.15) is 27.7 Å². The highest BCUT2D eigenvalue weighted by atomic mass is 16.7. The zero-order chi connectivity index (χ0) is 13.8. The number of nitrogens with zero attached hydrogens (tertiary/aromatic N) is 3. The molecule has 6 nitrogen and oxygen atoms in total. The molecular weight excluding hydrogens is 232 g/mol. The molecular formula is C12H22N4O2. The molecule has 0 unspecified atom stereocenters. The molecule has 6 heteroatoms. The van der Waals surface area contributed by atoms with Crippen LogP contribution in [-0.2, 0) is 4.84 Å². The van der Waals surface area contributed by atoms with Gasteiger partial charge in [-0.05, 0) is 12.3 Å². The molecule has 0 aromatic carbocycles. The average molecular weight is 254 g/mol. The van der Waals surface area contributed by atoms with E-state index >= 15 is 0 Å². The summed E-state index contributed by atoms with van der Waals surface area (Å²) in [5, 5.41) is 1.65. The molecule has 0 aliphatic rings. The lowest BCUT2D eigenvalue weighted by Gasteiger charge is -2.29. The summed E-state index contributed by atoms with van der Waals surface area (Å²) >= 11 is 0. The quantitative estimate of drug-likeness (QED) is 0.809. The van der Waals surface area contributed by atoms with Crippen molar-refractivity contribution in [3.05, 3.63) is 6.33 Å². The number of hydrogen-bond acceptors (Lipinski definition) is 6. The van der Waals surface area contributed by atoms with E-state index in [-0.39, 0.29) is 5.41 Å². The predicted molar refractivity (Wildman–Crippen MR) is 71.4 cm³/mol. The number of rotatable bonds is 5. The maximum atomic E-state index is 5.99. The van der Waals surface area contributed by atoms with Crippen LogP contribution in [0.15, 0.2) is 6.33 Å². The number of nitrogens with two attached hydrogens (primary N) is 1. The molecule has 0 amide bonds.